The van der Waals surface area contributed by atoms with Crippen molar-refractivity contribution in [2.75, 3.05) is 0 Å². The first-order chi connectivity index (χ1) is 8.97. The molecule has 0 fully saturated rings. The van der Waals surface area contributed by atoms with Crippen LogP contribution in [0, 0.1) is 12.3 Å². The molecule has 0 spiro atoms. The van der Waals surface area contributed by atoms with Crippen molar-refractivity contribution in [3.8, 4) is 11.5 Å². The van der Waals surface area contributed by atoms with Crippen LogP contribution in [0.15, 0.2) is 45.3 Å². The van der Waals surface area contributed by atoms with Gasteiger partial charge in [0.25, 0.3) is 0 Å². The number of ether oxygens (including phenoxy) is 1. The summed E-state index contributed by atoms with van der Waals surface area (Å²) in [7, 11) is 0. The van der Waals surface area contributed by atoms with Crippen LogP contribution in [0.3, 0.4) is 0 Å². The fraction of sp³-hybridized carbons (Fsp3) is 0.0714. The summed E-state index contributed by atoms with van der Waals surface area (Å²) in [4.78, 5) is 0. The fourth-order valence-corrected chi connectivity index (χ4v) is 2.54. The van der Waals surface area contributed by atoms with Gasteiger partial charge in [-0.3, -0.25) is 5.41 Å². The summed E-state index contributed by atoms with van der Waals surface area (Å²) in [6.45, 7) is 2.01. The largest absolute Gasteiger partial charge is 0.455 e. The van der Waals surface area contributed by atoms with E-state index in [-0.39, 0.29) is 5.84 Å². The lowest BCUT2D eigenvalue weighted by atomic mass is 10.2. The van der Waals surface area contributed by atoms with Crippen molar-refractivity contribution in [2.24, 2.45) is 5.73 Å². The van der Waals surface area contributed by atoms with Gasteiger partial charge in [-0.15, -0.1) is 0 Å². The molecule has 0 unspecified atom stereocenters. The van der Waals surface area contributed by atoms with Gasteiger partial charge in [0.2, 0.25) is 0 Å². The van der Waals surface area contributed by atoms with E-state index >= 15 is 0 Å². The highest BCUT2D eigenvalue weighted by Gasteiger charge is 2.10. The van der Waals surface area contributed by atoms with Crippen molar-refractivity contribution in [1.29, 1.82) is 5.41 Å². The van der Waals surface area contributed by atoms with Crippen molar-refractivity contribution < 1.29 is 4.74 Å². The molecule has 2 aromatic rings. The minimum absolute atomic E-state index is 0.0282. The molecular weight excluding hydrogens is 372 g/mol. The third-order valence-corrected chi connectivity index (χ3v) is 3.65. The Morgan fingerprint density at radius 2 is 1.79 bits per heavy atom. The average molecular weight is 384 g/mol. The van der Waals surface area contributed by atoms with Gasteiger partial charge in [-0.25, -0.2) is 0 Å². The second-order valence-corrected chi connectivity index (χ2v) is 5.86. The number of nitrogens with one attached hydrogen (secondary N) is 1. The molecule has 0 atom stereocenters. The molecule has 0 aromatic heterocycles. The van der Waals surface area contributed by atoms with Crippen LogP contribution >= 0.6 is 31.9 Å². The van der Waals surface area contributed by atoms with Gasteiger partial charge in [0, 0.05) is 4.47 Å². The summed E-state index contributed by atoms with van der Waals surface area (Å²) < 4.78 is 7.54. The van der Waals surface area contributed by atoms with Crippen LogP contribution in [0.2, 0.25) is 0 Å². The minimum atomic E-state index is -0.0282. The first-order valence-electron chi connectivity index (χ1n) is 5.55. The van der Waals surface area contributed by atoms with Crippen LogP contribution in [0.4, 0.5) is 0 Å². The number of nitrogens with two attached hydrogens (primary N) is 1. The maximum atomic E-state index is 7.59. The van der Waals surface area contributed by atoms with Gasteiger partial charge < -0.3 is 10.5 Å². The van der Waals surface area contributed by atoms with Crippen LogP contribution in [-0.4, -0.2) is 5.84 Å². The zero-order valence-corrected chi connectivity index (χ0v) is 13.4. The van der Waals surface area contributed by atoms with Crippen molar-refractivity contribution in [1.82, 2.24) is 0 Å². The molecule has 0 aliphatic rings. The maximum absolute atomic E-state index is 7.59. The molecule has 0 amide bonds. The van der Waals surface area contributed by atoms with Gasteiger partial charge in [0.1, 0.15) is 17.3 Å². The van der Waals surface area contributed by atoms with E-state index in [1.807, 2.05) is 31.2 Å². The lowest BCUT2D eigenvalue weighted by Crippen LogP contribution is -2.12. The van der Waals surface area contributed by atoms with Gasteiger partial charge in [-0.05, 0) is 58.7 Å². The highest BCUT2D eigenvalue weighted by molar-refractivity contribution is 9.10. The number of nitrogen functional groups attached to an aromatic ring is 1. The molecule has 0 radical (unpaired) electrons. The molecule has 3 N–H and O–H groups in total. The molecular formula is C14H12Br2N2O. The highest BCUT2D eigenvalue weighted by Crippen LogP contribution is 2.33. The Morgan fingerprint density at radius 3 is 2.42 bits per heavy atom. The van der Waals surface area contributed by atoms with E-state index < -0.39 is 0 Å². The van der Waals surface area contributed by atoms with Crippen LogP contribution < -0.4 is 10.5 Å². The van der Waals surface area contributed by atoms with Crippen LogP contribution in [0.25, 0.3) is 0 Å². The van der Waals surface area contributed by atoms with Gasteiger partial charge in [-0.1, -0.05) is 22.0 Å². The van der Waals surface area contributed by atoms with Crippen molar-refractivity contribution in [3.05, 3.63) is 56.5 Å². The monoisotopic (exact) mass is 382 g/mol. The number of halogens is 2. The SMILES string of the molecule is Cc1ccc(Oc2ccc(Br)cc2C(=N)N)c(Br)c1. The summed E-state index contributed by atoms with van der Waals surface area (Å²) >= 11 is 6.82. The predicted molar refractivity (Wildman–Crippen MR) is 84.1 cm³/mol. The fourth-order valence-electron chi connectivity index (χ4n) is 1.61. The van der Waals surface area contributed by atoms with Gasteiger partial charge in [0.05, 0.1) is 10.0 Å². The van der Waals surface area contributed by atoms with Gasteiger partial charge in [0.15, 0.2) is 0 Å². The summed E-state index contributed by atoms with van der Waals surface area (Å²) in [5.41, 5.74) is 7.27. The van der Waals surface area contributed by atoms with Crippen molar-refractivity contribution in [3.63, 3.8) is 0 Å². The number of amidine groups is 1. The van der Waals surface area contributed by atoms with E-state index in [2.05, 4.69) is 31.9 Å². The molecule has 98 valence electrons. The van der Waals surface area contributed by atoms with Crippen LogP contribution in [-0.2, 0) is 0 Å². The molecule has 0 heterocycles. The molecule has 0 saturated carbocycles. The topological polar surface area (TPSA) is 59.1 Å². The van der Waals surface area contributed by atoms with E-state index in [9.17, 15) is 0 Å². The Kier molecular flexibility index (Phi) is 4.27. The normalized spacial score (nSPS) is 10.3. The van der Waals surface area contributed by atoms with E-state index in [0.717, 1.165) is 14.5 Å². The van der Waals surface area contributed by atoms with Crippen LogP contribution in [0.1, 0.15) is 11.1 Å². The standard InChI is InChI=1S/C14H12Br2N2O/c1-8-2-4-13(11(16)6-8)19-12-5-3-9(15)7-10(12)14(17)18/h2-7H,1H3,(H3,17,18). The van der Waals surface area contributed by atoms with E-state index in [4.69, 9.17) is 15.9 Å². The van der Waals surface area contributed by atoms with Crippen molar-refractivity contribution >= 4 is 37.7 Å². The average Bonchev–Trinajstić information content (AvgIpc) is 2.34. The molecule has 19 heavy (non-hydrogen) atoms. The third kappa shape index (κ3) is 3.36. The first kappa shape index (κ1) is 14.1. The number of hydrogen-bond donors (Lipinski definition) is 2. The van der Waals surface area contributed by atoms with E-state index in [0.29, 0.717) is 17.1 Å². The maximum Gasteiger partial charge on any atom is 0.141 e. The summed E-state index contributed by atoms with van der Waals surface area (Å²) in [6.07, 6.45) is 0. The lowest BCUT2D eigenvalue weighted by Gasteiger charge is -2.12. The Labute approximate surface area is 128 Å². The molecule has 0 aliphatic carbocycles. The van der Waals surface area contributed by atoms with E-state index in [1.54, 1.807) is 12.1 Å². The Morgan fingerprint density at radius 1 is 1.11 bits per heavy atom. The second kappa shape index (κ2) is 5.75. The molecule has 2 rings (SSSR count). The Bertz CT molecular complexity index is 641. The van der Waals surface area contributed by atoms with E-state index in [1.165, 1.54) is 0 Å². The minimum Gasteiger partial charge on any atom is -0.455 e. The molecule has 0 aliphatic heterocycles. The summed E-state index contributed by atoms with van der Waals surface area (Å²) in [6, 6.07) is 11.2. The van der Waals surface area contributed by atoms with Gasteiger partial charge in [-0.2, -0.15) is 0 Å². The Hall–Kier alpha value is -1.33. The number of benzene rings is 2. The van der Waals surface area contributed by atoms with Crippen molar-refractivity contribution in [2.45, 2.75) is 6.92 Å². The molecule has 0 bridgehead atoms. The summed E-state index contributed by atoms with van der Waals surface area (Å²) in [5, 5.41) is 7.59. The molecule has 2 aromatic carbocycles. The van der Waals surface area contributed by atoms with Gasteiger partial charge >= 0.3 is 0 Å². The Balaban J connectivity index is 2.40. The number of aryl methyl sites for hydroxylation is 1. The zero-order chi connectivity index (χ0) is 14.0. The zero-order valence-electron chi connectivity index (χ0n) is 10.2. The summed E-state index contributed by atoms with van der Waals surface area (Å²) in [5.74, 6) is 1.22. The molecule has 0 saturated heterocycles. The number of rotatable bonds is 3. The highest BCUT2D eigenvalue weighted by atomic mass is 79.9. The first-order valence-corrected chi connectivity index (χ1v) is 7.14. The third-order valence-electron chi connectivity index (χ3n) is 2.54. The molecule has 3 nitrogen and oxygen atoms in total. The lowest BCUT2D eigenvalue weighted by molar-refractivity contribution is 0.478. The second-order valence-electron chi connectivity index (χ2n) is 4.09. The smallest absolute Gasteiger partial charge is 0.141 e. The van der Waals surface area contributed by atoms with Crippen LogP contribution in [0.5, 0.6) is 11.5 Å². The number of hydrogen-bond acceptors (Lipinski definition) is 2. The quantitative estimate of drug-likeness (QED) is 0.601. The molecule has 5 heteroatoms. The predicted octanol–water partition coefficient (Wildman–Crippen LogP) is 4.60.